The van der Waals surface area contributed by atoms with Gasteiger partial charge in [0.1, 0.15) is 4.90 Å². The lowest BCUT2D eigenvalue weighted by Crippen LogP contribution is -2.15. The smallest absolute Gasteiger partial charge is 0.240 e. The van der Waals surface area contributed by atoms with Crippen LogP contribution in [0.25, 0.3) is 0 Å². The average Bonchev–Trinajstić information content (AvgIpc) is 2.35. The molecule has 106 valence electrons. The molecule has 0 radical (unpaired) electrons. The van der Waals surface area contributed by atoms with Gasteiger partial charge in [0.2, 0.25) is 10.0 Å². The van der Waals surface area contributed by atoms with Crippen LogP contribution in [0.2, 0.25) is 0 Å². The van der Waals surface area contributed by atoms with Crippen LogP contribution in [0.15, 0.2) is 45.8 Å². The number of benzene rings is 2. The summed E-state index contributed by atoms with van der Waals surface area (Å²) in [6, 6.07) is 10.4. The van der Waals surface area contributed by atoms with Crippen molar-refractivity contribution >= 4 is 43.0 Å². The topological polar surface area (TPSA) is 98.2 Å². The predicted octanol–water partition coefficient (Wildman–Crippen LogP) is 2.73. The molecule has 0 aliphatic heterocycles. The summed E-state index contributed by atoms with van der Waals surface area (Å²) in [7, 11) is -3.84. The van der Waals surface area contributed by atoms with E-state index in [2.05, 4.69) is 21.2 Å². The van der Waals surface area contributed by atoms with Crippen molar-refractivity contribution < 1.29 is 8.42 Å². The van der Waals surface area contributed by atoms with Crippen molar-refractivity contribution in [2.75, 3.05) is 11.1 Å². The Morgan fingerprint density at radius 2 is 1.85 bits per heavy atom. The maximum Gasteiger partial charge on any atom is 0.240 e. The maximum atomic E-state index is 11.4. The Morgan fingerprint density at radius 1 is 1.15 bits per heavy atom. The number of nitrogen functional groups attached to an aromatic ring is 1. The van der Waals surface area contributed by atoms with Gasteiger partial charge in [-0.3, -0.25) is 0 Å². The third-order valence-electron chi connectivity index (χ3n) is 2.84. The standard InChI is InChI=1S/C13H14BrN3O2S/c1-8-5-6-9(14)7-11(8)17-10-3-2-4-12(13(10)15)20(16,18)19/h2-7,17H,15H2,1H3,(H2,16,18,19). The van der Waals surface area contributed by atoms with Gasteiger partial charge in [0, 0.05) is 10.2 Å². The van der Waals surface area contributed by atoms with Gasteiger partial charge in [-0.15, -0.1) is 0 Å². The van der Waals surface area contributed by atoms with Gasteiger partial charge in [0.25, 0.3) is 0 Å². The van der Waals surface area contributed by atoms with Gasteiger partial charge in [-0.1, -0.05) is 28.1 Å². The molecule has 0 saturated carbocycles. The zero-order valence-corrected chi connectivity index (χ0v) is 13.1. The van der Waals surface area contributed by atoms with E-state index in [0.29, 0.717) is 5.69 Å². The van der Waals surface area contributed by atoms with E-state index in [-0.39, 0.29) is 10.6 Å². The summed E-state index contributed by atoms with van der Waals surface area (Å²) >= 11 is 3.39. The van der Waals surface area contributed by atoms with E-state index in [4.69, 9.17) is 10.9 Å². The van der Waals surface area contributed by atoms with Gasteiger partial charge in [0.05, 0.1) is 11.4 Å². The Bertz CT molecular complexity index is 760. The number of hydrogen-bond donors (Lipinski definition) is 3. The van der Waals surface area contributed by atoms with E-state index in [1.165, 1.54) is 6.07 Å². The summed E-state index contributed by atoms with van der Waals surface area (Å²) in [4.78, 5) is -0.0878. The summed E-state index contributed by atoms with van der Waals surface area (Å²) in [6.45, 7) is 1.94. The first-order valence-corrected chi connectivity index (χ1v) is 8.07. The first-order valence-electron chi connectivity index (χ1n) is 5.73. The highest BCUT2D eigenvalue weighted by molar-refractivity contribution is 9.10. The molecular weight excluding hydrogens is 342 g/mol. The van der Waals surface area contributed by atoms with Crippen molar-refractivity contribution in [2.45, 2.75) is 11.8 Å². The van der Waals surface area contributed by atoms with Crippen LogP contribution in [-0.4, -0.2) is 8.42 Å². The Kier molecular flexibility index (Phi) is 4.03. The van der Waals surface area contributed by atoms with Crippen LogP contribution in [0.5, 0.6) is 0 Å². The third kappa shape index (κ3) is 3.12. The molecule has 0 unspecified atom stereocenters. The number of hydrogen-bond acceptors (Lipinski definition) is 4. The van der Waals surface area contributed by atoms with Crippen LogP contribution >= 0.6 is 15.9 Å². The molecule has 0 bridgehead atoms. The second-order valence-corrected chi connectivity index (χ2v) is 6.79. The molecule has 2 aromatic carbocycles. The lowest BCUT2D eigenvalue weighted by Gasteiger charge is -2.14. The molecule has 7 heteroatoms. The van der Waals surface area contributed by atoms with Gasteiger partial charge >= 0.3 is 0 Å². The van der Waals surface area contributed by atoms with Gasteiger partial charge in [-0.25, -0.2) is 13.6 Å². The first-order chi connectivity index (χ1) is 9.29. The highest BCUT2D eigenvalue weighted by Crippen LogP contribution is 2.30. The number of rotatable bonds is 3. The van der Waals surface area contributed by atoms with Gasteiger partial charge in [-0.2, -0.15) is 0 Å². The van der Waals surface area contributed by atoms with Crippen LogP contribution in [0.4, 0.5) is 17.1 Å². The van der Waals surface area contributed by atoms with Gasteiger partial charge in [0.15, 0.2) is 0 Å². The predicted molar refractivity (Wildman–Crippen MR) is 84.4 cm³/mol. The molecule has 0 fully saturated rings. The van der Waals surface area contributed by atoms with E-state index in [1.54, 1.807) is 12.1 Å². The lowest BCUT2D eigenvalue weighted by atomic mass is 10.2. The molecular formula is C13H14BrN3O2S. The summed E-state index contributed by atoms with van der Waals surface area (Å²) in [5.74, 6) is 0. The number of primary sulfonamides is 1. The van der Waals surface area contributed by atoms with Crippen molar-refractivity contribution in [3.05, 3.63) is 46.4 Å². The summed E-state index contributed by atoms with van der Waals surface area (Å²) in [5.41, 5.74) is 8.31. The van der Waals surface area contributed by atoms with Crippen LogP contribution < -0.4 is 16.2 Å². The lowest BCUT2D eigenvalue weighted by molar-refractivity contribution is 0.598. The third-order valence-corrected chi connectivity index (χ3v) is 4.30. The van der Waals surface area contributed by atoms with Crippen LogP contribution in [0.1, 0.15) is 5.56 Å². The number of aryl methyl sites for hydroxylation is 1. The molecule has 0 spiro atoms. The second kappa shape index (κ2) is 5.43. The first kappa shape index (κ1) is 14.8. The molecule has 0 heterocycles. The van der Waals surface area contributed by atoms with Crippen molar-refractivity contribution in [2.24, 2.45) is 5.14 Å². The van der Waals surface area contributed by atoms with E-state index < -0.39 is 10.0 Å². The second-order valence-electron chi connectivity index (χ2n) is 4.35. The van der Waals surface area contributed by atoms with E-state index in [9.17, 15) is 8.42 Å². The number of halogens is 1. The van der Waals surface area contributed by atoms with Crippen molar-refractivity contribution in [1.82, 2.24) is 0 Å². The fourth-order valence-corrected chi connectivity index (χ4v) is 2.82. The molecule has 2 aromatic rings. The van der Waals surface area contributed by atoms with Crippen LogP contribution in [-0.2, 0) is 10.0 Å². The van der Waals surface area contributed by atoms with E-state index in [1.807, 2.05) is 25.1 Å². The Hall–Kier alpha value is -1.57. The van der Waals surface area contributed by atoms with E-state index >= 15 is 0 Å². The molecule has 0 aliphatic rings. The normalized spacial score (nSPS) is 11.3. The minimum atomic E-state index is -3.84. The van der Waals surface area contributed by atoms with Gasteiger partial charge in [-0.05, 0) is 36.8 Å². The summed E-state index contributed by atoms with van der Waals surface area (Å²) in [5, 5.41) is 8.25. The maximum absolute atomic E-state index is 11.4. The van der Waals surface area contributed by atoms with E-state index in [0.717, 1.165) is 15.7 Å². The highest BCUT2D eigenvalue weighted by atomic mass is 79.9. The monoisotopic (exact) mass is 355 g/mol. The zero-order valence-electron chi connectivity index (χ0n) is 10.7. The number of para-hydroxylation sites is 1. The quantitative estimate of drug-likeness (QED) is 0.737. The van der Waals surface area contributed by atoms with Crippen molar-refractivity contribution in [3.8, 4) is 0 Å². The molecule has 0 aliphatic carbocycles. The number of nitrogens with two attached hydrogens (primary N) is 2. The average molecular weight is 356 g/mol. The van der Waals surface area contributed by atoms with Crippen LogP contribution in [0.3, 0.4) is 0 Å². The Morgan fingerprint density at radius 3 is 2.50 bits per heavy atom. The minimum Gasteiger partial charge on any atom is -0.396 e. The minimum absolute atomic E-state index is 0.0878. The molecule has 2 rings (SSSR count). The van der Waals surface area contributed by atoms with Gasteiger partial charge < -0.3 is 11.1 Å². The molecule has 0 aromatic heterocycles. The summed E-state index contributed by atoms with van der Waals surface area (Å²) < 4.78 is 23.8. The molecule has 0 saturated heterocycles. The zero-order chi connectivity index (χ0) is 14.9. The number of nitrogens with one attached hydrogen (secondary N) is 1. The fraction of sp³-hybridized carbons (Fsp3) is 0.0769. The summed E-state index contributed by atoms with van der Waals surface area (Å²) in [6.07, 6.45) is 0. The SMILES string of the molecule is Cc1ccc(Br)cc1Nc1cccc(S(N)(=O)=O)c1N. The molecule has 0 atom stereocenters. The molecule has 20 heavy (non-hydrogen) atoms. The van der Waals surface area contributed by atoms with Crippen molar-refractivity contribution in [3.63, 3.8) is 0 Å². The largest absolute Gasteiger partial charge is 0.396 e. The Balaban J connectivity index is 2.47. The number of anilines is 3. The van der Waals surface area contributed by atoms with Crippen LogP contribution in [0, 0.1) is 6.92 Å². The van der Waals surface area contributed by atoms with Crippen molar-refractivity contribution in [1.29, 1.82) is 0 Å². The molecule has 0 amide bonds. The Labute approximate surface area is 126 Å². The molecule has 5 N–H and O–H groups in total. The highest BCUT2D eigenvalue weighted by Gasteiger charge is 2.15. The molecule has 5 nitrogen and oxygen atoms in total. The number of sulfonamides is 1. The fourth-order valence-electron chi connectivity index (χ4n) is 1.78.